The number of carbonyl (C=O) groups excluding carboxylic acids is 2. The standard InChI is InChI=1S/C18H19NO5S/c1-12-4-9-16(13(2)10-12)18(21)24-11-17(20)14-5-7-15(8-6-14)19-25(3,22)23/h4-10,19H,11H2,1-3H3. The first-order chi connectivity index (χ1) is 11.7. The van der Waals surface area contributed by atoms with Crippen molar-refractivity contribution in [2.45, 2.75) is 13.8 Å². The van der Waals surface area contributed by atoms with Gasteiger partial charge in [0.2, 0.25) is 10.0 Å². The van der Waals surface area contributed by atoms with E-state index < -0.39 is 16.0 Å². The van der Waals surface area contributed by atoms with Crippen LogP contribution in [0.15, 0.2) is 42.5 Å². The van der Waals surface area contributed by atoms with Crippen molar-refractivity contribution in [1.29, 1.82) is 0 Å². The lowest BCUT2D eigenvalue weighted by molar-refractivity contribution is 0.0474. The molecule has 6 nitrogen and oxygen atoms in total. The second kappa shape index (κ2) is 7.48. The third-order valence-electron chi connectivity index (χ3n) is 3.45. The molecule has 0 spiro atoms. The van der Waals surface area contributed by atoms with Crippen molar-refractivity contribution in [2.24, 2.45) is 0 Å². The molecule has 0 saturated carbocycles. The molecule has 2 aromatic rings. The summed E-state index contributed by atoms with van der Waals surface area (Å²) in [6, 6.07) is 11.2. The zero-order valence-electron chi connectivity index (χ0n) is 14.2. The minimum Gasteiger partial charge on any atom is -0.454 e. The van der Waals surface area contributed by atoms with Crippen molar-refractivity contribution in [1.82, 2.24) is 0 Å². The summed E-state index contributed by atoms with van der Waals surface area (Å²) in [5.41, 5.74) is 2.92. The fraction of sp³-hybridized carbons (Fsp3) is 0.222. The highest BCUT2D eigenvalue weighted by atomic mass is 32.2. The van der Waals surface area contributed by atoms with Crippen molar-refractivity contribution in [3.8, 4) is 0 Å². The normalized spacial score (nSPS) is 11.0. The molecule has 0 bridgehead atoms. The van der Waals surface area contributed by atoms with Gasteiger partial charge in [-0.15, -0.1) is 0 Å². The van der Waals surface area contributed by atoms with Crippen molar-refractivity contribution in [3.63, 3.8) is 0 Å². The number of carbonyl (C=O) groups is 2. The summed E-state index contributed by atoms with van der Waals surface area (Å²) < 4.78 is 29.7. The Kier molecular flexibility index (Phi) is 5.58. The lowest BCUT2D eigenvalue weighted by atomic mass is 10.1. The first-order valence-electron chi connectivity index (χ1n) is 7.51. The van der Waals surface area contributed by atoms with Crippen LogP contribution < -0.4 is 4.72 Å². The molecule has 0 aliphatic rings. The van der Waals surface area contributed by atoms with Gasteiger partial charge in [-0.25, -0.2) is 13.2 Å². The number of anilines is 1. The molecule has 0 radical (unpaired) electrons. The molecule has 0 aliphatic heterocycles. The van der Waals surface area contributed by atoms with Crippen LogP contribution in [-0.2, 0) is 14.8 Å². The summed E-state index contributed by atoms with van der Waals surface area (Å²) in [4.78, 5) is 24.2. The maximum absolute atomic E-state index is 12.1. The number of hydrogen-bond acceptors (Lipinski definition) is 5. The smallest absolute Gasteiger partial charge is 0.338 e. The molecular weight excluding hydrogens is 342 g/mol. The summed E-state index contributed by atoms with van der Waals surface area (Å²) in [5, 5.41) is 0. The first kappa shape index (κ1) is 18.7. The zero-order valence-corrected chi connectivity index (χ0v) is 15.0. The van der Waals surface area contributed by atoms with E-state index in [-0.39, 0.29) is 12.4 Å². The number of Topliss-reactive ketones (excluding diaryl/α,β-unsaturated/α-hetero) is 1. The minimum absolute atomic E-state index is 0.326. The topological polar surface area (TPSA) is 89.5 Å². The molecule has 0 aromatic heterocycles. The molecule has 0 unspecified atom stereocenters. The molecule has 2 aromatic carbocycles. The van der Waals surface area contributed by atoms with Crippen LogP contribution in [0.25, 0.3) is 0 Å². The molecule has 25 heavy (non-hydrogen) atoms. The van der Waals surface area contributed by atoms with Crippen LogP contribution in [0.2, 0.25) is 0 Å². The SMILES string of the molecule is Cc1ccc(C(=O)OCC(=O)c2ccc(NS(C)(=O)=O)cc2)c(C)c1. The van der Waals surface area contributed by atoms with Crippen LogP contribution in [0.5, 0.6) is 0 Å². The van der Waals surface area contributed by atoms with Gasteiger partial charge in [0.1, 0.15) is 0 Å². The Morgan fingerprint density at radius 3 is 2.24 bits per heavy atom. The molecule has 132 valence electrons. The van der Waals surface area contributed by atoms with Crippen LogP contribution in [-0.4, -0.2) is 33.0 Å². The summed E-state index contributed by atoms with van der Waals surface area (Å²) >= 11 is 0. The fourth-order valence-electron chi connectivity index (χ4n) is 2.27. The van der Waals surface area contributed by atoms with E-state index in [9.17, 15) is 18.0 Å². The van der Waals surface area contributed by atoms with E-state index in [1.54, 1.807) is 19.1 Å². The zero-order chi connectivity index (χ0) is 18.6. The third kappa shape index (κ3) is 5.42. The van der Waals surface area contributed by atoms with Crippen LogP contribution in [0.3, 0.4) is 0 Å². The van der Waals surface area contributed by atoms with Crippen molar-refractivity contribution < 1.29 is 22.7 Å². The average Bonchev–Trinajstić information content (AvgIpc) is 2.51. The van der Waals surface area contributed by atoms with Gasteiger partial charge in [-0.1, -0.05) is 17.7 Å². The van der Waals surface area contributed by atoms with E-state index >= 15 is 0 Å². The van der Waals surface area contributed by atoms with Crippen molar-refractivity contribution >= 4 is 27.5 Å². The number of ether oxygens (including phenoxy) is 1. The molecule has 0 amide bonds. The maximum atomic E-state index is 12.1. The Bertz CT molecular complexity index is 902. The van der Waals surface area contributed by atoms with E-state index in [0.29, 0.717) is 16.8 Å². The molecular formula is C18H19NO5S. The molecule has 0 saturated heterocycles. The quantitative estimate of drug-likeness (QED) is 0.631. The van der Waals surface area contributed by atoms with E-state index in [4.69, 9.17) is 4.74 Å². The number of rotatable bonds is 6. The Morgan fingerprint density at radius 2 is 1.68 bits per heavy atom. The first-order valence-corrected chi connectivity index (χ1v) is 9.40. The van der Waals surface area contributed by atoms with Crippen LogP contribution >= 0.6 is 0 Å². The summed E-state index contributed by atoms with van der Waals surface area (Å²) in [5.74, 6) is -0.926. The average molecular weight is 361 g/mol. The Balaban J connectivity index is 1.99. The van der Waals surface area contributed by atoms with E-state index in [0.717, 1.165) is 17.4 Å². The lowest BCUT2D eigenvalue weighted by Gasteiger charge is -2.08. The molecule has 1 N–H and O–H groups in total. The summed E-state index contributed by atoms with van der Waals surface area (Å²) in [6.07, 6.45) is 1.04. The Morgan fingerprint density at radius 1 is 1.04 bits per heavy atom. The largest absolute Gasteiger partial charge is 0.454 e. The number of ketones is 1. The summed E-state index contributed by atoms with van der Waals surface area (Å²) in [6.45, 7) is 3.35. The Hall–Kier alpha value is -2.67. The molecule has 2 rings (SSSR count). The number of benzene rings is 2. The molecule has 0 aliphatic carbocycles. The highest BCUT2D eigenvalue weighted by Gasteiger charge is 2.14. The number of nitrogens with one attached hydrogen (secondary N) is 1. The van der Waals surface area contributed by atoms with E-state index in [1.165, 1.54) is 24.3 Å². The second-order valence-electron chi connectivity index (χ2n) is 5.77. The van der Waals surface area contributed by atoms with Gasteiger partial charge < -0.3 is 4.74 Å². The number of esters is 1. The third-order valence-corrected chi connectivity index (χ3v) is 4.05. The number of aryl methyl sites for hydroxylation is 2. The maximum Gasteiger partial charge on any atom is 0.338 e. The van der Waals surface area contributed by atoms with Gasteiger partial charge in [0.15, 0.2) is 12.4 Å². The monoisotopic (exact) mass is 361 g/mol. The molecule has 0 heterocycles. The van der Waals surface area contributed by atoms with Gasteiger partial charge in [-0.3, -0.25) is 9.52 Å². The minimum atomic E-state index is -3.37. The van der Waals surface area contributed by atoms with E-state index in [1.807, 2.05) is 13.0 Å². The van der Waals surface area contributed by atoms with E-state index in [2.05, 4.69) is 4.72 Å². The molecule has 0 fully saturated rings. The van der Waals surface area contributed by atoms with Gasteiger partial charge >= 0.3 is 5.97 Å². The predicted molar refractivity (Wildman–Crippen MR) is 95.4 cm³/mol. The fourth-order valence-corrected chi connectivity index (χ4v) is 2.84. The Labute approximate surface area is 146 Å². The van der Waals surface area contributed by atoms with Gasteiger partial charge in [-0.2, -0.15) is 0 Å². The predicted octanol–water partition coefficient (Wildman–Crippen LogP) is 2.71. The van der Waals surface area contributed by atoms with Gasteiger partial charge in [0.05, 0.1) is 11.8 Å². The highest BCUT2D eigenvalue weighted by Crippen LogP contribution is 2.14. The second-order valence-corrected chi connectivity index (χ2v) is 7.52. The van der Waals surface area contributed by atoms with Crippen LogP contribution in [0, 0.1) is 13.8 Å². The van der Waals surface area contributed by atoms with Gasteiger partial charge in [-0.05, 0) is 49.7 Å². The van der Waals surface area contributed by atoms with Crippen molar-refractivity contribution in [2.75, 3.05) is 17.6 Å². The van der Waals surface area contributed by atoms with Gasteiger partial charge in [0.25, 0.3) is 0 Å². The molecule has 0 atom stereocenters. The van der Waals surface area contributed by atoms with Crippen LogP contribution in [0.1, 0.15) is 31.8 Å². The number of hydrogen-bond donors (Lipinski definition) is 1. The summed E-state index contributed by atoms with van der Waals surface area (Å²) in [7, 11) is -3.37. The lowest BCUT2D eigenvalue weighted by Crippen LogP contribution is -2.15. The number of sulfonamides is 1. The molecule has 7 heteroatoms. The van der Waals surface area contributed by atoms with Crippen molar-refractivity contribution in [3.05, 3.63) is 64.7 Å². The van der Waals surface area contributed by atoms with Crippen LogP contribution in [0.4, 0.5) is 5.69 Å². The highest BCUT2D eigenvalue weighted by molar-refractivity contribution is 7.92. The van der Waals surface area contributed by atoms with Gasteiger partial charge in [0, 0.05) is 11.3 Å².